The summed E-state index contributed by atoms with van der Waals surface area (Å²) in [6.07, 6.45) is 1.91. The van der Waals surface area contributed by atoms with E-state index in [9.17, 15) is 20.1 Å². The average Bonchev–Trinajstić information content (AvgIpc) is 2.68. The van der Waals surface area contributed by atoms with Gasteiger partial charge in [0.05, 0.1) is 17.8 Å². The zero-order valence-corrected chi connectivity index (χ0v) is 17.9. The highest BCUT2D eigenvalue weighted by atomic mass is 16.5. The molecule has 0 saturated heterocycles. The molecule has 158 valence electrons. The summed E-state index contributed by atoms with van der Waals surface area (Å²) >= 11 is 0. The first-order valence-electron chi connectivity index (χ1n) is 10.7. The van der Waals surface area contributed by atoms with Crippen molar-refractivity contribution in [3.8, 4) is 0 Å². The van der Waals surface area contributed by atoms with Gasteiger partial charge in [0.15, 0.2) is 0 Å². The summed E-state index contributed by atoms with van der Waals surface area (Å²) in [5, 5.41) is 33.8. The number of carbonyl (C=O) groups is 1. The largest absolute Gasteiger partial charge is 0.462 e. The number of carbonyl (C=O) groups excluding carboxylic acids is 1. The fourth-order valence-electron chi connectivity index (χ4n) is 8.49. The minimum absolute atomic E-state index is 0.0841. The van der Waals surface area contributed by atoms with Crippen LogP contribution in [0.3, 0.4) is 0 Å². The Labute approximate surface area is 168 Å². The summed E-state index contributed by atoms with van der Waals surface area (Å²) in [6, 6.07) is 0. The number of ether oxygens (including phenoxy) is 1. The van der Waals surface area contributed by atoms with Crippen LogP contribution < -0.4 is 0 Å². The van der Waals surface area contributed by atoms with Gasteiger partial charge in [0.1, 0.15) is 6.10 Å². The molecular weight excluding hydrogens is 356 g/mol. The molecule has 5 heteroatoms. The maximum Gasteiger partial charge on any atom is 0.302 e. The maximum atomic E-state index is 12.0. The summed E-state index contributed by atoms with van der Waals surface area (Å²) in [5.41, 5.74) is -1.65. The third-order valence-corrected chi connectivity index (χ3v) is 9.50. The van der Waals surface area contributed by atoms with Crippen LogP contribution in [0.2, 0.25) is 0 Å². The Balaban J connectivity index is 1.91. The molecule has 9 atom stereocenters. The molecular formula is C23H36O5. The van der Waals surface area contributed by atoms with E-state index in [4.69, 9.17) is 4.74 Å². The normalized spacial score (nSPS) is 54.6. The van der Waals surface area contributed by atoms with Gasteiger partial charge in [0.25, 0.3) is 0 Å². The molecule has 4 saturated carbocycles. The van der Waals surface area contributed by atoms with Gasteiger partial charge in [-0.25, -0.2) is 0 Å². The second-order valence-electron chi connectivity index (χ2n) is 11.1. The topological polar surface area (TPSA) is 87.0 Å². The molecule has 4 aliphatic rings. The van der Waals surface area contributed by atoms with Crippen LogP contribution in [-0.2, 0) is 9.53 Å². The molecule has 5 nitrogen and oxygen atoms in total. The quantitative estimate of drug-likeness (QED) is 0.472. The van der Waals surface area contributed by atoms with Gasteiger partial charge in [-0.05, 0) is 67.3 Å². The van der Waals surface area contributed by atoms with Crippen LogP contribution in [0.25, 0.3) is 0 Å². The second kappa shape index (κ2) is 5.83. The number of aliphatic hydroxyl groups excluding tert-OH is 2. The van der Waals surface area contributed by atoms with E-state index in [0.29, 0.717) is 19.3 Å². The van der Waals surface area contributed by atoms with Crippen molar-refractivity contribution in [2.24, 2.45) is 34.0 Å². The lowest BCUT2D eigenvalue weighted by atomic mass is 9.38. The minimum atomic E-state index is -1.10. The Kier molecular flexibility index (Phi) is 4.24. The smallest absolute Gasteiger partial charge is 0.302 e. The molecule has 0 aromatic rings. The highest BCUT2D eigenvalue weighted by Crippen LogP contribution is 2.74. The maximum absolute atomic E-state index is 12.0. The van der Waals surface area contributed by atoms with Gasteiger partial charge in [0.2, 0.25) is 0 Å². The predicted molar refractivity (Wildman–Crippen MR) is 105 cm³/mol. The lowest BCUT2D eigenvalue weighted by molar-refractivity contribution is -0.272. The van der Waals surface area contributed by atoms with Gasteiger partial charge in [-0.2, -0.15) is 0 Å². The van der Waals surface area contributed by atoms with Crippen molar-refractivity contribution in [2.45, 2.75) is 90.6 Å². The molecule has 0 heterocycles. The summed E-state index contributed by atoms with van der Waals surface area (Å²) in [7, 11) is 0. The molecule has 3 N–H and O–H groups in total. The van der Waals surface area contributed by atoms with Crippen LogP contribution >= 0.6 is 0 Å². The Morgan fingerprint density at radius 2 is 1.79 bits per heavy atom. The van der Waals surface area contributed by atoms with Crippen molar-refractivity contribution >= 4 is 5.97 Å². The Bertz CT molecular complexity index is 712. The molecule has 0 radical (unpaired) electrons. The molecule has 0 unspecified atom stereocenters. The van der Waals surface area contributed by atoms with Crippen LogP contribution in [0.4, 0.5) is 0 Å². The zero-order valence-electron chi connectivity index (χ0n) is 17.9. The van der Waals surface area contributed by atoms with E-state index in [2.05, 4.69) is 27.4 Å². The van der Waals surface area contributed by atoms with Gasteiger partial charge in [-0.15, -0.1) is 0 Å². The molecule has 4 fully saturated rings. The zero-order chi connectivity index (χ0) is 20.9. The Hall–Kier alpha value is -0.910. The van der Waals surface area contributed by atoms with Crippen LogP contribution in [0.15, 0.2) is 12.2 Å². The molecule has 28 heavy (non-hydrogen) atoms. The molecule has 0 amide bonds. The van der Waals surface area contributed by atoms with Gasteiger partial charge < -0.3 is 20.1 Å². The molecule has 0 aromatic carbocycles. The van der Waals surface area contributed by atoms with Gasteiger partial charge in [-0.3, -0.25) is 4.79 Å². The van der Waals surface area contributed by atoms with Crippen molar-refractivity contribution < 1.29 is 24.9 Å². The average molecular weight is 393 g/mol. The summed E-state index contributed by atoms with van der Waals surface area (Å²) < 4.78 is 5.90. The number of hydrogen-bond acceptors (Lipinski definition) is 5. The van der Waals surface area contributed by atoms with E-state index in [1.165, 1.54) is 6.92 Å². The molecule has 0 aromatic heterocycles. The standard InChI is InChI=1S/C23H36O5/c1-12-14-9-15(25)18-21(5)8-7-17(26)20(3,4)19(21)16(28-13(2)24)11-23(18,10-14)22(12,6)27/h14-19,25-27H,1,7-11H2,2-6H3/t14-,15-,16-,17-,18+,19-,21+,22+,23+/m0/s1. The van der Waals surface area contributed by atoms with Crippen molar-refractivity contribution in [1.82, 2.24) is 0 Å². The number of esters is 1. The SMILES string of the molecule is C=C1[C@H]2C[C@H](O)[C@@H]3[C@@]4(C)CC[C@H](O)C(C)(C)[C@@H]4[C@@H](OC(C)=O)C[C@@]3(C2)[C@]1(C)O. The Morgan fingerprint density at radius 1 is 1.14 bits per heavy atom. The van der Waals surface area contributed by atoms with Gasteiger partial charge >= 0.3 is 5.97 Å². The fourth-order valence-corrected chi connectivity index (χ4v) is 8.49. The lowest BCUT2D eigenvalue weighted by Gasteiger charge is -2.68. The van der Waals surface area contributed by atoms with Crippen molar-refractivity contribution in [2.75, 3.05) is 0 Å². The first-order chi connectivity index (χ1) is 12.8. The summed E-state index contributed by atoms with van der Waals surface area (Å²) in [6.45, 7) is 13.8. The van der Waals surface area contributed by atoms with Crippen LogP contribution in [0.1, 0.15) is 66.7 Å². The Morgan fingerprint density at radius 3 is 2.39 bits per heavy atom. The van der Waals surface area contributed by atoms with E-state index < -0.39 is 34.7 Å². The molecule has 1 spiro atoms. The third kappa shape index (κ3) is 2.27. The first-order valence-corrected chi connectivity index (χ1v) is 10.7. The number of hydrogen-bond donors (Lipinski definition) is 3. The predicted octanol–water partition coefficient (Wildman–Crippen LogP) is 2.82. The van der Waals surface area contributed by atoms with Gasteiger partial charge in [-0.1, -0.05) is 27.4 Å². The van der Waals surface area contributed by atoms with E-state index in [-0.39, 0.29) is 29.1 Å². The number of aliphatic hydroxyl groups is 3. The van der Waals surface area contributed by atoms with Crippen LogP contribution in [0.5, 0.6) is 0 Å². The second-order valence-corrected chi connectivity index (χ2v) is 11.1. The van der Waals surface area contributed by atoms with Crippen molar-refractivity contribution in [3.63, 3.8) is 0 Å². The van der Waals surface area contributed by atoms with Gasteiger partial charge in [0, 0.05) is 18.3 Å². The monoisotopic (exact) mass is 392 g/mol. The summed E-state index contributed by atoms with van der Waals surface area (Å²) in [4.78, 5) is 12.0. The highest BCUT2D eigenvalue weighted by Gasteiger charge is 2.75. The molecule has 2 bridgehead atoms. The van der Waals surface area contributed by atoms with E-state index in [1.807, 2.05) is 6.92 Å². The summed E-state index contributed by atoms with van der Waals surface area (Å²) in [5.74, 6) is -0.433. The highest BCUT2D eigenvalue weighted by molar-refractivity contribution is 5.66. The van der Waals surface area contributed by atoms with E-state index >= 15 is 0 Å². The third-order valence-electron chi connectivity index (χ3n) is 9.50. The molecule has 4 aliphatic carbocycles. The minimum Gasteiger partial charge on any atom is -0.462 e. The van der Waals surface area contributed by atoms with Crippen LogP contribution in [-0.4, -0.2) is 45.2 Å². The molecule has 4 rings (SSSR count). The number of rotatable bonds is 1. The van der Waals surface area contributed by atoms with Crippen LogP contribution in [0, 0.1) is 34.0 Å². The van der Waals surface area contributed by atoms with Crippen molar-refractivity contribution in [1.29, 1.82) is 0 Å². The van der Waals surface area contributed by atoms with E-state index in [0.717, 1.165) is 18.4 Å². The van der Waals surface area contributed by atoms with E-state index in [1.54, 1.807) is 0 Å². The lowest BCUT2D eigenvalue weighted by Crippen LogP contribution is -2.70. The van der Waals surface area contributed by atoms with Crippen molar-refractivity contribution in [3.05, 3.63) is 12.2 Å². The fraction of sp³-hybridized carbons (Fsp3) is 0.870. The first kappa shape index (κ1) is 20.4. The molecule has 0 aliphatic heterocycles. The number of fused-ring (bicyclic) bond motifs is 3.